The van der Waals surface area contributed by atoms with Gasteiger partial charge in [-0.1, -0.05) is 23.4 Å². The van der Waals surface area contributed by atoms with E-state index in [1.807, 2.05) is 36.9 Å². The molecule has 0 amide bonds. The Morgan fingerprint density at radius 2 is 1.85 bits per heavy atom. The maximum absolute atomic E-state index is 5.37. The van der Waals surface area contributed by atoms with Gasteiger partial charge in [-0.25, -0.2) is 9.97 Å². The van der Waals surface area contributed by atoms with Gasteiger partial charge in [0.2, 0.25) is 0 Å². The molecule has 0 radical (unpaired) electrons. The second kappa shape index (κ2) is 9.32. The first kappa shape index (κ1) is 22.1. The van der Waals surface area contributed by atoms with Gasteiger partial charge in [-0.3, -0.25) is 4.90 Å². The van der Waals surface area contributed by atoms with E-state index in [2.05, 4.69) is 45.3 Å². The fourth-order valence-corrected chi connectivity index (χ4v) is 7.10. The molecule has 0 saturated carbocycles. The van der Waals surface area contributed by atoms with Crippen LogP contribution in [0.5, 0.6) is 0 Å². The molecular weight excluding hydrogens is 462 g/mol. The minimum absolute atomic E-state index is 0.793. The first-order chi connectivity index (χ1) is 16.7. The topological polar surface area (TPSA) is 58.3 Å². The Hall–Kier alpha value is -2.42. The van der Waals surface area contributed by atoms with Gasteiger partial charge in [0.25, 0.3) is 0 Å². The number of fused-ring (bicyclic) bond motifs is 3. The van der Waals surface area contributed by atoms with Crippen molar-refractivity contribution in [3.8, 4) is 0 Å². The van der Waals surface area contributed by atoms with E-state index < -0.39 is 0 Å². The van der Waals surface area contributed by atoms with Crippen molar-refractivity contribution >= 4 is 39.1 Å². The van der Waals surface area contributed by atoms with Crippen LogP contribution in [0.1, 0.15) is 39.7 Å². The molecule has 1 saturated heterocycles. The first-order valence-electron chi connectivity index (χ1n) is 12.0. The van der Waals surface area contributed by atoms with Crippen molar-refractivity contribution in [1.29, 1.82) is 0 Å². The number of nitrogens with zero attached hydrogens (tertiary/aromatic N) is 5. The van der Waals surface area contributed by atoms with Crippen molar-refractivity contribution in [1.82, 2.24) is 20.0 Å². The summed E-state index contributed by atoms with van der Waals surface area (Å²) >= 11 is 3.70. The third-order valence-electron chi connectivity index (χ3n) is 6.94. The molecule has 1 fully saturated rings. The van der Waals surface area contributed by atoms with Crippen LogP contribution in [0.4, 0.5) is 5.82 Å². The van der Waals surface area contributed by atoms with Crippen LogP contribution in [0.15, 0.2) is 39.8 Å². The van der Waals surface area contributed by atoms with E-state index in [0.717, 1.165) is 68.0 Å². The number of anilines is 1. The summed E-state index contributed by atoms with van der Waals surface area (Å²) in [6.45, 7) is 8.92. The highest BCUT2D eigenvalue weighted by atomic mass is 32.2. The molecular formula is C26H29N5OS2. The maximum Gasteiger partial charge on any atom is 0.142 e. The summed E-state index contributed by atoms with van der Waals surface area (Å²) in [5, 5.41) is 5.45. The average molecular weight is 492 g/mol. The lowest BCUT2D eigenvalue weighted by atomic mass is 10.1. The smallest absolute Gasteiger partial charge is 0.142 e. The molecule has 4 aromatic rings. The van der Waals surface area contributed by atoms with Crippen molar-refractivity contribution in [2.24, 2.45) is 0 Å². The SMILES string of the molecule is Cc1noc(C)c1CN1CCN(c2nc(CSc3ccccc3)nc3sc4c(c23)CCC4)CC1. The summed E-state index contributed by atoms with van der Waals surface area (Å²) in [5.41, 5.74) is 3.75. The molecule has 1 aliphatic carbocycles. The molecule has 0 spiro atoms. The van der Waals surface area contributed by atoms with E-state index in [1.54, 1.807) is 0 Å². The van der Waals surface area contributed by atoms with E-state index >= 15 is 0 Å². The minimum atomic E-state index is 0.793. The number of benzene rings is 1. The monoisotopic (exact) mass is 491 g/mol. The summed E-state index contributed by atoms with van der Waals surface area (Å²) in [6.07, 6.45) is 3.61. The molecule has 0 atom stereocenters. The van der Waals surface area contributed by atoms with Crippen LogP contribution >= 0.6 is 23.1 Å². The normalized spacial score (nSPS) is 16.5. The summed E-state index contributed by atoms with van der Waals surface area (Å²) in [4.78, 5) is 19.2. The predicted octanol–water partition coefficient (Wildman–Crippen LogP) is 5.40. The Morgan fingerprint density at radius 3 is 2.62 bits per heavy atom. The summed E-state index contributed by atoms with van der Waals surface area (Å²) < 4.78 is 5.37. The van der Waals surface area contributed by atoms with Crippen LogP contribution < -0.4 is 4.90 Å². The number of rotatable bonds is 6. The van der Waals surface area contributed by atoms with Gasteiger partial charge >= 0.3 is 0 Å². The van der Waals surface area contributed by atoms with Gasteiger partial charge in [-0.15, -0.1) is 23.1 Å². The Labute approximate surface area is 208 Å². The Kier molecular flexibility index (Phi) is 6.05. The van der Waals surface area contributed by atoms with Crippen LogP contribution in [0.3, 0.4) is 0 Å². The average Bonchev–Trinajstić information content (AvgIpc) is 3.54. The van der Waals surface area contributed by atoms with E-state index in [-0.39, 0.29) is 0 Å². The highest BCUT2D eigenvalue weighted by Crippen LogP contribution is 2.41. The maximum atomic E-state index is 5.37. The van der Waals surface area contributed by atoms with Crippen molar-refractivity contribution < 1.29 is 4.52 Å². The number of thioether (sulfide) groups is 1. The van der Waals surface area contributed by atoms with E-state index in [9.17, 15) is 0 Å². The first-order valence-corrected chi connectivity index (χ1v) is 13.8. The van der Waals surface area contributed by atoms with Crippen LogP contribution in [0.25, 0.3) is 10.2 Å². The molecule has 8 heteroatoms. The van der Waals surface area contributed by atoms with Gasteiger partial charge in [0.05, 0.1) is 16.8 Å². The lowest BCUT2D eigenvalue weighted by molar-refractivity contribution is 0.247. The summed E-state index contributed by atoms with van der Waals surface area (Å²) in [7, 11) is 0. The molecule has 176 valence electrons. The summed E-state index contributed by atoms with van der Waals surface area (Å²) in [5.74, 6) is 3.83. The lowest BCUT2D eigenvalue weighted by Crippen LogP contribution is -2.46. The molecule has 0 N–H and O–H groups in total. The standard InChI is InChI=1S/C26H29N5OS2/c1-17-21(18(2)32-29-17)15-30-11-13-31(14-12-30)25-24-20-9-6-10-22(20)34-26(24)28-23(27-25)16-33-19-7-4-3-5-8-19/h3-5,7-8H,6,9-16H2,1-2H3. The zero-order chi connectivity index (χ0) is 23.1. The molecule has 6 nitrogen and oxygen atoms in total. The molecule has 1 aliphatic heterocycles. The third-order valence-corrected chi connectivity index (χ3v) is 9.13. The van der Waals surface area contributed by atoms with Gasteiger partial charge in [0.1, 0.15) is 22.2 Å². The molecule has 0 bridgehead atoms. The Morgan fingerprint density at radius 1 is 1.03 bits per heavy atom. The molecule has 0 unspecified atom stereocenters. The predicted molar refractivity (Wildman–Crippen MR) is 139 cm³/mol. The Bertz CT molecular complexity index is 1290. The second-order valence-electron chi connectivity index (χ2n) is 9.17. The molecule has 6 rings (SSSR count). The third kappa shape index (κ3) is 4.23. The zero-order valence-corrected chi connectivity index (χ0v) is 21.3. The van der Waals surface area contributed by atoms with Crippen molar-refractivity contribution in [2.75, 3.05) is 31.1 Å². The highest BCUT2D eigenvalue weighted by Gasteiger charge is 2.27. The molecule has 34 heavy (non-hydrogen) atoms. The zero-order valence-electron chi connectivity index (χ0n) is 19.7. The number of hydrogen-bond acceptors (Lipinski definition) is 8. The van der Waals surface area contributed by atoms with Gasteiger partial charge in [-0.05, 0) is 50.8 Å². The van der Waals surface area contributed by atoms with Crippen LogP contribution in [0.2, 0.25) is 0 Å². The van der Waals surface area contributed by atoms with E-state index in [1.165, 1.54) is 44.0 Å². The fraction of sp³-hybridized carbons (Fsp3) is 0.423. The Balaban J connectivity index is 1.25. The van der Waals surface area contributed by atoms with E-state index in [0.29, 0.717) is 0 Å². The van der Waals surface area contributed by atoms with Gasteiger partial charge in [0, 0.05) is 48.1 Å². The number of thiophene rings is 1. The van der Waals surface area contributed by atoms with Crippen LogP contribution in [0, 0.1) is 13.8 Å². The van der Waals surface area contributed by atoms with Crippen LogP contribution in [-0.4, -0.2) is 46.2 Å². The van der Waals surface area contributed by atoms with Crippen molar-refractivity contribution in [2.45, 2.75) is 50.3 Å². The molecule has 4 heterocycles. The molecule has 1 aromatic carbocycles. The van der Waals surface area contributed by atoms with Crippen molar-refractivity contribution in [3.05, 3.63) is 63.6 Å². The molecule has 3 aromatic heterocycles. The number of piperazine rings is 1. The van der Waals surface area contributed by atoms with Crippen LogP contribution in [-0.2, 0) is 25.1 Å². The van der Waals surface area contributed by atoms with Gasteiger partial charge in [-0.2, -0.15) is 0 Å². The number of aryl methyl sites for hydroxylation is 4. The fourth-order valence-electron chi connectivity index (χ4n) is 5.05. The van der Waals surface area contributed by atoms with E-state index in [4.69, 9.17) is 14.5 Å². The summed E-state index contributed by atoms with van der Waals surface area (Å²) in [6, 6.07) is 10.5. The molecule has 2 aliphatic rings. The largest absolute Gasteiger partial charge is 0.361 e. The van der Waals surface area contributed by atoms with Gasteiger partial charge in [0.15, 0.2) is 0 Å². The van der Waals surface area contributed by atoms with Gasteiger partial charge < -0.3 is 9.42 Å². The highest BCUT2D eigenvalue weighted by molar-refractivity contribution is 7.98. The number of hydrogen-bond donors (Lipinski definition) is 0. The number of aromatic nitrogens is 3. The lowest BCUT2D eigenvalue weighted by Gasteiger charge is -2.35. The van der Waals surface area contributed by atoms with Crippen molar-refractivity contribution in [3.63, 3.8) is 0 Å². The quantitative estimate of drug-likeness (QED) is 0.335. The second-order valence-corrected chi connectivity index (χ2v) is 11.3. The minimum Gasteiger partial charge on any atom is -0.361 e.